The number of pyridine rings is 2. The topological polar surface area (TPSA) is 25.8 Å². The molecular formula is C9H7BrN2. The van der Waals surface area contributed by atoms with Crippen LogP contribution in [0.3, 0.4) is 0 Å². The molecule has 0 aliphatic rings. The van der Waals surface area contributed by atoms with Crippen LogP contribution in [0.4, 0.5) is 0 Å². The van der Waals surface area contributed by atoms with E-state index >= 15 is 0 Å². The summed E-state index contributed by atoms with van der Waals surface area (Å²) >= 11 is 3.44. The van der Waals surface area contributed by atoms with E-state index in [-0.39, 0.29) is 0 Å². The van der Waals surface area contributed by atoms with Crippen LogP contribution in [-0.2, 0) is 0 Å². The first-order chi connectivity index (χ1) is 5.77. The first kappa shape index (κ1) is 7.68. The highest BCUT2D eigenvalue weighted by molar-refractivity contribution is 9.10. The van der Waals surface area contributed by atoms with Crippen LogP contribution in [0.5, 0.6) is 0 Å². The van der Waals surface area contributed by atoms with Crippen molar-refractivity contribution in [1.29, 1.82) is 0 Å². The predicted molar refractivity (Wildman–Crippen MR) is 52.0 cm³/mol. The number of rotatable bonds is 0. The molecule has 2 heterocycles. The van der Waals surface area contributed by atoms with E-state index in [1.54, 1.807) is 6.20 Å². The minimum atomic E-state index is 0.796. The number of halogens is 1. The van der Waals surface area contributed by atoms with Crippen molar-refractivity contribution < 1.29 is 0 Å². The molecule has 2 nitrogen and oxygen atoms in total. The summed E-state index contributed by atoms with van der Waals surface area (Å²) in [6.07, 6.45) is 1.75. The van der Waals surface area contributed by atoms with E-state index in [1.807, 2.05) is 25.1 Å². The van der Waals surface area contributed by atoms with Crippen molar-refractivity contribution in [3.63, 3.8) is 0 Å². The Morgan fingerprint density at radius 1 is 1.25 bits per heavy atom. The average Bonchev–Trinajstić information content (AvgIpc) is 2.04. The molecule has 0 aliphatic carbocycles. The van der Waals surface area contributed by atoms with Gasteiger partial charge in [-0.1, -0.05) is 0 Å². The van der Waals surface area contributed by atoms with E-state index in [9.17, 15) is 0 Å². The lowest BCUT2D eigenvalue weighted by molar-refractivity contribution is 1.20. The number of hydrogen-bond acceptors (Lipinski definition) is 2. The van der Waals surface area contributed by atoms with Gasteiger partial charge < -0.3 is 0 Å². The number of fused-ring (bicyclic) bond motifs is 1. The maximum absolute atomic E-state index is 4.30. The zero-order chi connectivity index (χ0) is 8.55. The van der Waals surface area contributed by atoms with Gasteiger partial charge in [0.05, 0.1) is 0 Å². The molecule has 0 saturated heterocycles. The Bertz CT molecular complexity index is 426. The Kier molecular flexibility index (Phi) is 1.81. The summed E-state index contributed by atoms with van der Waals surface area (Å²) in [7, 11) is 0. The zero-order valence-electron chi connectivity index (χ0n) is 6.58. The molecular weight excluding hydrogens is 216 g/mol. The fraction of sp³-hybridized carbons (Fsp3) is 0.111. The highest BCUT2D eigenvalue weighted by Gasteiger charge is 1.98. The van der Waals surface area contributed by atoms with Gasteiger partial charge in [0.1, 0.15) is 0 Å². The maximum Gasteiger partial charge on any atom is 0.160 e. The third kappa shape index (κ3) is 1.20. The van der Waals surface area contributed by atoms with Crippen molar-refractivity contribution in [3.8, 4) is 0 Å². The molecule has 0 atom stereocenters. The molecule has 0 radical (unpaired) electrons. The average molecular weight is 223 g/mol. The van der Waals surface area contributed by atoms with Gasteiger partial charge in [-0.15, -0.1) is 0 Å². The van der Waals surface area contributed by atoms with Crippen molar-refractivity contribution >= 4 is 27.0 Å². The van der Waals surface area contributed by atoms with Crippen molar-refractivity contribution in [2.45, 2.75) is 6.92 Å². The highest BCUT2D eigenvalue weighted by atomic mass is 79.9. The summed E-state index contributed by atoms with van der Waals surface area (Å²) in [5.74, 6) is 0. The second kappa shape index (κ2) is 2.83. The van der Waals surface area contributed by atoms with Gasteiger partial charge in [0.2, 0.25) is 0 Å². The Morgan fingerprint density at radius 3 is 2.92 bits per heavy atom. The maximum atomic E-state index is 4.30. The molecule has 2 aromatic rings. The third-order valence-electron chi connectivity index (χ3n) is 1.69. The summed E-state index contributed by atoms with van der Waals surface area (Å²) in [4.78, 5) is 8.46. The van der Waals surface area contributed by atoms with Crippen LogP contribution in [0.25, 0.3) is 11.0 Å². The Labute approximate surface area is 78.8 Å². The van der Waals surface area contributed by atoms with Gasteiger partial charge in [-0.2, -0.15) is 0 Å². The molecule has 0 unspecified atom stereocenters. The molecule has 0 bridgehead atoms. The van der Waals surface area contributed by atoms with E-state index in [4.69, 9.17) is 0 Å². The second-order valence-electron chi connectivity index (χ2n) is 2.62. The first-order valence-electron chi connectivity index (χ1n) is 3.65. The minimum Gasteiger partial charge on any atom is -0.237 e. The van der Waals surface area contributed by atoms with Crippen molar-refractivity contribution in [2.75, 3.05) is 0 Å². The van der Waals surface area contributed by atoms with Gasteiger partial charge >= 0.3 is 0 Å². The van der Waals surface area contributed by atoms with Crippen LogP contribution in [-0.4, -0.2) is 9.97 Å². The Hall–Kier alpha value is -0.960. The van der Waals surface area contributed by atoms with Crippen LogP contribution in [0.1, 0.15) is 5.69 Å². The van der Waals surface area contributed by atoms with E-state index < -0.39 is 0 Å². The zero-order valence-corrected chi connectivity index (χ0v) is 8.17. The molecule has 3 heteroatoms. The molecule has 2 aromatic heterocycles. The van der Waals surface area contributed by atoms with Crippen molar-refractivity contribution in [1.82, 2.24) is 9.97 Å². The van der Waals surface area contributed by atoms with E-state index in [0.717, 1.165) is 21.2 Å². The molecule has 60 valence electrons. The summed E-state index contributed by atoms with van der Waals surface area (Å²) in [5, 5.41) is 1.06. The SMILES string of the molecule is Cc1ccc2c(Br)ccnc2n1. The standard InChI is InChI=1S/C9H7BrN2/c1-6-2-3-7-8(10)4-5-11-9(7)12-6/h2-5H,1H3. The summed E-state index contributed by atoms with van der Waals surface area (Å²) in [6.45, 7) is 1.96. The number of aromatic nitrogens is 2. The minimum absolute atomic E-state index is 0.796. The molecule has 0 amide bonds. The molecule has 0 aromatic carbocycles. The van der Waals surface area contributed by atoms with Crippen LogP contribution in [0, 0.1) is 6.92 Å². The van der Waals surface area contributed by atoms with E-state index in [0.29, 0.717) is 0 Å². The van der Waals surface area contributed by atoms with Gasteiger partial charge in [0, 0.05) is 21.7 Å². The number of nitrogens with zero attached hydrogens (tertiary/aromatic N) is 2. The smallest absolute Gasteiger partial charge is 0.160 e. The third-order valence-corrected chi connectivity index (χ3v) is 2.38. The Balaban J connectivity index is 2.86. The van der Waals surface area contributed by atoms with Crippen molar-refractivity contribution in [2.24, 2.45) is 0 Å². The Morgan fingerprint density at radius 2 is 2.08 bits per heavy atom. The summed E-state index contributed by atoms with van der Waals surface area (Å²) in [6, 6.07) is 5.92. The summed E-state index contributed by atoms with van der Waals surface area (Å²) < 4.78 is 1.04. The largest absolute Gasteiger partial charge is 0.237 e. The van der Waals surface area contributed by atoms with Crippen molar-refractivity contribution in [3.05, 3.63) is 34.6 Å². The highest BCUT2D eigenvalue weighted by Crippen LogP contribution is 2.20. The van der Waals surface area contributed by atoms with Gasteiger partial charge in [-0.25, -0.2) is 9.97 Å². The number of aryl methyl sites for hydroxylation is 1. The van der Waals surface area contributed by atoms with E-state index in [1.165, 1.54) is 0 Å². The molecule has 0 aliphatic heterocycles. The molecule has 0 spiro atoms. The van der Waals surface area contributed by atoms with Gasteiger partial charge in [0.15, 0.2) is 5.65 Å². The normalized spacial score (nSPS) is 10.5. The fourth-order valence-corrected chi connectivity index (χ4v) is 1.52. The van der Waals surface area contributed by atoms with Gasteiger partial charge in [-0.05, 0) is 41.1 Å². The number of hydrogen-bond donors (Lipinski definition) is 0. The molecule has 12 heavy (non-hydrogen) atoms. The van der Waals surface area contributed by atoms with Crippen LogP contribution in [0.2, 0.25) is 0 Å². The second-order valence-corrected chi connectivity index (χ2v) is 3.47. The summed E-state index contributed by atoms with van der Waals surface area (Å²) in [5.41, 5.74) is 1.79. The lowest BCUT2D eigenvalue weighted by Gasteiger charge is -1.98. The molecule has 0 fully saturated rings. The fourth-order valence-electron chi connectivity index (χ4n) is 1.09. The van der Waals surface area contributed by atoms with Gasteiger partial charge in [0.25, 0.3) is 0 Å². The van der Waals surface area contributed by atoms with Crippen LogP contribution >= 0.6 is 15.9 Å². The van der Waals surface area contributed by atoms with Crippen LogP contribution in [0.15, 0.2) is 28.9 Å². The molecule has 0 N–H and O–H groups in total. The quantitative estimate of drug-likeness (QED) is 0.686. The molecule has 2 rings (SSSR count). The van der Waals surface area contributed by atoms with Gasteiger partial charge in [-0.3, -0.25) is 0 Å². The van der Waals surface area contributed by atoms with Crippen LogP contribution < -0.4 is 0 Å². The lowest BCUT2D eigenvalue weighted by Crippen LogP contribution is -1.86. The first-order valence-corrected chi connectivity index (χ1v) is 4.44. The lowest BCUT2D eigenvalue weighted by atomic mass is 10.3. The monoisotopic (exact) mass is 222 g/mol. The predicted octanol–water partition coefficient (Wildman–Crippen LogP) is 2.70. The molecule has 0 saturated carbocycles. The van der Waals surface area contributed by atoms with E-state index in [2.05, 4.69) is 25.9 Å².